The van der Waals surface area contributed by atoms with Gasteiger partial charge in [0.05, 0.1) is 25.8 Å². The van der Waals surface area contributed by atoms with Crippen molar-refractivity contribution in [3.8, 4) is 0 Å². The second-order valence-electron chi connectivity index (χ2n) is 4.76. The van der Waals surface area contributed by atoms with Crippen molar-refractivity contribution in [1.29, 1.82) is 0 Å². The number of carbonyl (C=O) groups is 3. The molecule has 0 heterocycles. The number of carbonyl (C=O) groups excluding carboxylic acids is 3. The number of methoxy groups -OCH3 is 1. The second kappa shape index (κ2) is 9.58. The van der Waals surface area contributed by atoms with Crippen molar-refractivity contribution in [3.63, 3.8) is 0 Å². The summed E-state index contributed by atoms with van der Waals surface area (Å²) >= 11 is 0. The quantitative estimate of drug-likeness (QED) is 0.767. The van der Waals surface area contributed by atoms with Gasteiger partial charge in [-0.25, -0.2) is 9.59 Å². The van der Waals surface area contributed by atoms with Crippen LogP contribution >= 0.6 is 0 Å². The molecule has 0 aliphatic heterocycles. The molecule has 0 aromatic heterocycles. The van der Waals surface area contributed by atoms with Crippen LogP contribution in [0.1, 0.15) is 29.8 Å². The lowest BCUT2D eigenvalue weighted by Gasteiger charge is -2.19. The van der Waals surface area contributed by atoms with Crippen LogP contribution in [-0.4, -0.2) is 49.7 Å². The van der Waals surface area contributed by atoms with Gasteiger partial charge in [0, 0.05) is 6.54 Å². The summed E-state index contributed by atoms with van der Waals surface area (Å²) in [6.07, 6.45) is -0.749. The van der Waals surface area contributed by atoms with Gasteiger partial charge in [-0.1, -0.05) is 19.1 Å². The van der Waals surface area contributed by atoms with E-state index in [-0.39, 0.29) is 13.2 Å². The molecule has 0 radical (unpaired) electrons. The number of rotatable bonds is 7. The smallest absolute Gasteiger partial charge is 0.413 e. The third-order valence-electron chi connectivity index (χ3n) is 3.09. The van der Waals surface area contributed by atoms with Crippen molar-refractivity contribution in [1.82, 2.24) is 10.2 Å². The average Bonchev–Trinajstić information content (AvgIpc) is 2.53. The first-order valence-electron chi connectivity index (χ1n) is 7.36. The van der Waals surface area contributed by atoms with Crippen molar-refractivity contribution in [3.05, 3.63) is 35.4 Å². The van der Waals surface area contributed by atoms with Gasteiger partial charge in [-0.15, -0.1) is 0 Å². The summed E-state index contributed by atoms with van der Waals surface area (Å²) in [5.74, 6) is -0.843. The van der Waals surface area contributed by atoms with E-state index in [1.165, 1.54) is 7.11 Å². The second-order valence-corrected chi connectivity index (χ2v) is 4.76. The summed E-state index contributed by atoms with van der Waals surface area (Å²) in [7, 11) is 1.33. The lowest BCUT2D eigenvalue weighted by molar-refractivity contribution is -0.121. The highest BCUT2D eigenvalue weighted by Gasteiger charge is 2.14. The Balaban J connectivity index is 2.64. The number of imide groups is 1. The van der Waals surface area contributed by atoms with Crippen LogP contribution in [0.4, 0.5) is 4.79 Å². The average molecular weight is 322 g/mol. The Labute approximate surface area is 135 Å². The number of ether oxygens (including phenoxy) is 2. The maximum Gasteiger partial charge on any atom is 0.413 e. The fourth-order valence-corrected chi connectivity index (χ4v) is 1.98. The molecular formula is C16H22N2O5. The summed E-state index contributed by atoms with van der Waals surface area (Å²) in [5.41, 5.74) is 1.33. The first-order valence-corrected chi connectivity index (χ1v) is 7.36. The zero-order chi connectivity index (χ0) is 17.2. The summed E-state index contributed by atoms with van der Waals surface area (Å²) in [6.45, 7) is 4.91. The molecule has 0 aliphatic carbocycles. The van der Waals surface area contributed by atoms with Gasteiger partial charge in [-0.05, 0) is 31.2 Å². The minimum absolute atomic E-state index is 0.0533. The molecule has 0 spiro atoms. The molecule has 1 rings (SSSR count). The fraction of sp³-hybridized carbons (Fsp3) is 0.438. The predicted molar refractivity (Wildman–Crippen MR) is 83.9 cm³/mol. The van der Waals surface area contributed by atoms with Gasteiger partial charge in [0.1, 0.15) is 0 Å². The van der Waals surface area contributed by atoms with Gasteiger partial charge >= 0.3 is 12.1 Å². The summed E-state index contributed by atoms with van der Waals surface area (Å²) in [5, 5.41) is 2.15. The number of benzene rings is 1. The molecular weight excluding hydrogens is 300 g/mol. The van der Waals surface area contributed by atoms with Crippen molar-refractivity contribution in [2.24, 2.45) is 0 Å². The lowest BCUT2D eigenvalue weighted by atomic mass is 10.1. The highest BCUT2D eigenvalue weighted by molar-refractivity contribution is 5.92. The molecule has 7 nitrogen and oxygen atoms in total. The zero-order valence-corrected chi connectivity index (χ0v) is 13.6. The van der Waals surface area contributed by atoms with E-state index in [0.29, 0.717) is 18.7 Å². The van der Waals surface area contributed by atoms with E-state index in [2.05, 4.69) is 14.8 Å². The van der Waals surface area contributed by atoms with Gasteiger partial charge in [0.25, 0.3) is 0 Å². The van der Waals surface area contributed by atoms with Crippen molar-refractivity contribution in [2.75, 3.05) is 26.8 Å². The van der Waals surface area contributed by atoms with Gasteiger partial charge in [-0.2, -0.15) is 0 Å². The van der Waals surface area contributed by atoms with E-state index >= 15 is 0 Å². The third kappa shape index (κ3) is 6.48. The fourth-order valence-electron chi connectivity index (χ4n) is 1.98. The number of hydrogen-bond acceptors (Lipinski definition) is 6. The molecule has 2 amide bonds. The molecule has 0 aliphatic rings. The third-order valence-corrected chi connectivity index (χ3v) is 3.09. The Morgan fingerprint density at radius 3 is 2.57 bits per heavy atom. The van der Waals surface area contributed by atoms with Crippen LogP contribution in [0.2, 0.25) is 0 Å². The van der Waals surface area contributed by atoms with E-state index < -0.39 is 18.0 Å². The normalized spacial score (nSPS) is 10.3. The van der Waals surface area contributed by atoms with Gasteiger partial charge < -0.3 is 9.47 Å². The maximum absolute atomic E-state index is 11.8. The van der Waals surface area contributed by atoms with Gasteiger partial charge in [0.15, 0.2) is 0 Å². The molecule has 0 unspecified atom stereocenters. The topological polar surface area (TPSA) is 84.9 Å². The van der Waals surface area contributed by atoms with Crippen LogP contribution in [0.3, 0.4) is 0 Å². The Morgan fingerprint density at radius 2 is 1.96 bits per heavy atom. The first-order chi connectivity index (χ1) is 11.0. The molecule has 0 saturated heterocycles. The highest BCUT2D eigenvalue weighted by Crippen LogP contribution is 2.09. The SMILES string of the molecule is CCOC(=O)NC(=O)CN(CC)Cc1cccc(C(=O)OC)c1. The molecule has 0 saturated carbocycles. The van der Waals surface area contributed by atoms with Crippen LogP contribution in [-0.2, 0) is 20.8 Å². The van der Waals surface area contributed by atoms with Crippen LogP contribution in [0.25, 0.3) is 0 Å². The van der Waals surface area contributed by atoms with Crippen molar-refractivity contribution < 1.29 is 23.9 Å². The number of esters is 1. The Morgan fingerprint density at radius 1 is 1.22 bits per heavy atom. The van der Waals surface area contributed by atoms with E-state index in [9.17, 15) is 14.4 Å². The Bertz CT molecular complexity index is 559. The number of likely N-dealkylation sites (N-methyl/N-ethyl adjacent to an activating group) is 1. The van der Waals surface area contributed by atoms with E-state index in [0.717, 1.165) is 5.56 Å². The number of hydrogen-bond donors (Lipinski definition) is 1. The van der Waals surface area contributed by atoms with Crippen molar-refractivity contribution in [2.45, 2.75) is 20.4 Å². The van der Waals surface area contributed by atoms with E-state index in [4.69, 9.17) is 0 Å². The predicted octanol–water partition coefficient (Wildman–Crippen LogP) is 1.57. The molecule has 23 heavy (non-hydrogen) atoms. The number of amides is 2. The molecule has 1 aromatic carbocycles. The van der Waals surface area contributed by atoms with Gasteiger partial charge in [0.2, 0.25) is 5.91 Å². The summed E-state index contributed by atoms with van der Waals surface area (Å²) < 4.78 is 9.35. The first kappa shape index (κ1) is 18.6. The standard InChI is InChI=1S/C16H22N2O5/c1-4-18(11-14(19)17-16(21)23-5-2)10-12-7-6-8-13(9-12)15(20)22-3/h6-9H,4-5,10-11H2,1-3H3,(H,17,19,21). The van der Waals surface area contributed by atoms with Crippen molar-refractivity contribution >= 4 is 18.0 Å². The van der Waals surface area contributed by atoms with Gasteiger partial charge in [-0.3, -0.25) is 15.0 Å². The maximum atomic E-state index is 11.8. The van der Waals surface area contributed by atoms with Crippen LogP contribution in [0.5, 0.6) is 0 Å². The largest absolute Gasteiger partial charge is 0.465 e. The molecule has 1 aromatic rings. The van der Waals surface area contributed by atoms with Crippen LogP contribution in [0.15, 0.2) is 24.3 Å². The molecule has 0 fully saturated rings. The molecule has 1 N–H and O–H groups in total. The molecule has 7 heteroatoms. The highest BCUT2D eigenvalue weighted by atomic mass is 16.5. The number of nitrogens with one attached hydrogen (secondary N) is 1. The van der Waals surface area contributed by atoms with Crippen LogP contribution in [0, 0.1) is 0 Å². The summed E-state index contributed by atoms with van der Waals surface area (Å²) in [4.78, 5) is 36.4. The summed E-state index contributed by atoms with van der Waals surface area (Å²) in [6, 6.07) is 7.00. The minimum Gasteiger partial charge on any atom is -0.465 e. The lowest BCUT2D eigenvalue weighted by Crippen LogP contribution is -2.40. The van der Waals surface area contributed by atoms with E-state index in [1.807, 2.05) is 17.9 Å². The Kier molecular flexibility index (Phi) is 7.76. The molecule has 0 atom stereocenters. The monoisotopic (exact) mass is 322 g/mol. The minimum atomic E-state index is -0.749. The number of nitrogens with zero attached hydrogens (tertiary/aromatic N) is 1. The zero-order valence-electron chi connectivity index (χ0n) is 13.6. The molecule has 126 valence electrons. The Hall–Kier alpha value is -2.41. The van der Waals surface area contributed by atoms with Crippen LogP contribution < -0.4 is 5.32 Å². The molecule has 0 bridgehead atoms. The van der Waals surface area contributed by atoms with E-state index in [1.54, 1.807) is 25.1 Å². The number of alkyl carbamates (subject to hydrolysis) is 1.